The molecule has 1 aliphatic carbocycles. The molecule has 1 aliphatic rings. The van der Waals surface area contributed by atoms with E-state index in [0.717, 1.165) is 12.8 Å². The van der Waals surface area contributed by atoms with Gasteiger partial charge in [-0.3, -0.25) is 4.57 Å². The fourth-order valence-corrected chi connectivity index (χ4v) is 3.02. The molecule has 3 unspecified atom stereocenters. The summed E-state index contributed by atoms with van der Waals surface area (Å²) in [5.74, 6) is 0.133. The average molecular weight is 325 g/mol. The Labute approximate surface area is 131 Å². The number of imidazole rings is 1. The first-order chi connectivity index (χ1) is 10.6. The molecule has 0 aliphatic heterocycles. The molecule has 1 fully saturated rings. The van der Waals surface area contributed by atoms with Crippen LogP contribution in [-0.4, -0.2) is 53.8 Å². The van der Waals surface area contributed by atoms with Crippen LogP contribution in [0.2, 0.25) is 0 Å². The average Bonchev–Trinajstić information content (AvgIpc) is 3.25. The summed E-state index contributed by atoms with van der Waals surface area (Å²) in [6.07, 6.45) is 2.79. The molecule has 0 saturated heterocycles. The molecule has 5 N–H and O–H groups in total. The fraction of sp³-hybridized carbons (Fsp3) is 0.615. The van der Waals surface area contributed by atoms with Crippen LogP contribution in [-0.2, 0) is 0 Å². The molecule has 0 bridgehead atoms. The lowest BCUT2D eigenvalue weighted by atomic mass is 9.96. The highest BCUT2D eigenvalue weighted by molar-refractivity contribution is 7.98. The van der Waals surface area contributed by atoms with Gasteiger partial charge in [0, 0.05) is 12.5 Å². The summed E-state index contributed by atoms with van der Waals surface area (Å²) >= 11 is 1.33. The summed E-state index contributed by atoms with van der Waals surface area (Å²) < 4.78 is 1.38. The number of fused-ring (bicyclic) bond motifs is 1. The highest BCUT2D eigenvalue weighted by Gasteiger charge is 2.39. The van der Waals surface area contributed by atoms with E-state index in [0.29, 0.717) is 16.3 Å². The van der Waals surface area contributed by atoms with Crippen LogP contribution in [0.25, 0.3) is 11.2 Å². The highest BCUT2D eigenvalue weighted by Crippen LogP contribution is 2.40. The Bertz CT molecular complexity index is 675. The molecule has 0 amide bonds. The highest BCUT2D eigenvalue weighted by atomic mass is 32.2. The van der Waals surface area contributed by atoms with Crippen LogP contribution in [0.5, 0.6) is 0 Å². The van der Waals surface area contributed by atoms with Gasteiger partial charge in [0.15, 0.2) is 22.8 Å². The molecule has 0 radical (unpaired) electrons. The minimum atomic E-state index is -1.24. The Hall–Kier alpha value is -1.42. The summed E-state index contributed by atoms with van der Waals surface area (Å²) in [6, 6.07) is 0. The normalized spacial score (nSPS) is 19.3. The quantitative estimate of drug-likeness (QED) is 0.431. The van der Waals surface area contributed by atoms with Crippen LogP contribution in [0.4, 0.5) is 5.82 Å². The van der Waals surface area contributed by atoms with Gasteiger partial charge in [-0.1, -0.05) is 11.8 Å². The predicted octanol–water partition coefficient (Wildman–Crippen LogP) is 0.000700. The second-order valence-electron chi connectivity index (χ2n) is 5.51. The number of nitrogen functional groups attached to an aromatic ring is 1. The van der Waals surface area contributed by atoms with Crippen molar-refractivity contribution in [1.29, 1.82) is 0 Å². The van der Waals surface area contributed by atoms with Crippen molar-refractivity contribution in [2.45, 2.75) is 30.3 Å². The molecular weight excluding hydrogens is 306 g/mol. The monoisotopic (exact) mass is 325 g/mol. The molecule has 22 heavy (non-hydrogen) atoms. The zero-order valence-corrected chi connectivity index (χ0v) is 12.9. The maximum Gasteiger partial charge on any atom is 0.191 e. The molecule has 3 atom stereocenters. The van der Waals surface area contributed by atoms with Gasteiger partial charge in [-0.25, -0.2) is 15.0 Å². The molecule has 2 aromatic heterocycles. The van der Waals surface area contributed by atoms with Gasteiger partial charge in [-0.2, -0.15) is 0 Å². The van der Waals surface area contributed by atoms with Gasteiger partial charge in [-0.15, -0.1) is 0 Å². The molecule has 120 valence electrons. The van der Waals surface area contributed by atoms with Crippen LogP contribution in [0.1, 0.15) is 19.1 Å². The van der Waals surface area contributed by atoms with E-state index in [1.807, 2.05) is 6.26 Å². The van der Waals surface area contributed by atoms with Crippen LogP contribution in [0.3, 0.4) is 0 Å². The number of aromatic nitrogens is 4. The summed E-state index contributed by atoms with van der Waals surface area (Å²) in [5.41, 5.74) is 6.60. The molecule has 9 heteroatoms. The lowest BCUT2D eigenvalue weighted by Crippen LogP contribution is -2.34. The third-order valence-corrected chi connectivity index (χ3v) is 4.63. The molecule has 2 aromatic rings. The predicted molar refractivity (Wildman–Crippen MR) is 82.1 cm³/mol. The van der Waals surface area contributed by atoms with E-state index >= 15 is 0 Å². The SMILES string of the molecule is CSc1nc(N)c2ncn(C(O)C(O)C(CO)C3CC3)c2n1. The standard InChI is InChI=1S/C13H19N5O3S/c1-22-13-16-10(14)8-11(17-13)18(5-15-8)12(21)9(20)7(4-19)6-2-3-6/h5-7,9,12,19-21H,2-4H2,1H3,(H2,14,16,17). The van der Waals surface area contributed by atoms with Gasteiger partial charge in [0.25, 0.3) is 0 Å². The molecule has 0 aromatic carbocycles. The van der Waals surface area contributed by atoms with Gasteiger partial charge < -0.3 is 21.1 Å². The first-order valence-corrected chi connectivity index (χ1v) is 8.30. The maximum atomic E-state index is 10.5. The van der Waals surface area contributed by atoms with Crippen molar-refractivity contribution in [3.8, 4) is 0 Å². The Kier molecular flexibility index (Phi) is 4.22. The minimum absolute atomic E-state index is 0.164. The molecule has 0 spiro atoms. The van der Waals surface area contributed by atoms with Crippen molar-refractivity contribution in [3.05, 3.63) is 6.33 Å². The zero-order valence-electron chi connectivity index (χ0n) is 12.1. The summed E-state index contributed by atoms with van der Waals surface area (Å²) in [6.45, 7) is -0.164. The van der Waals surface area contributed by atoms with E-state index in [2.05, 4.69) is 15.0 Å². The smallest absolute Gasteiger partial charge is 0.191 e. The third kappa shape index (κ3) is 2.65. The molecule has 8 nitrogen and oxygen atoms in total. The lowest BCUT2D eigenvalue weighted by molar-refractivity contribution is -0.0737. The third-order valence-electron chi connectivity index (χ3n) is 4.08. The Balaban J connectivity index is 1.96. The number of aliphatic hydroxyl groups is 3. The van der Waals surface area contributed by atoms with Crippen LogP contribution < -0.4 is 5.73 Å². The van der Waals surface area contributed by atoms with Crippen molar-refractivity contribution >= 4 is 28.7 Å². The summed E-state index contributed by atoms with van der Waals surface area (Å²) in [4.78, 5) is 12.5. The zero-order chi connectivity index (χ0) is 15.9. The topological polar surface area (TPSA) is 130 Å². The van der Waals surface area contributed by atoms with Gasteiger partial charge in [0.2, 0.25) is 0 Å². The fourth-order valence-electron chi connectivity index (χ4n) is 2.65. The molecule has 3 rings (SSSR count). The van der Waals surface area contributed by atoms with Crippen molar-refractivity contribution in [2.75, 3.05) is 18.6 Å². The molecule has 2 heterocycles. The number of anilines is 1. The van der Waals surface area contributed by atoms with Crippen LogP contribution in [0.15, 0.2) is 11.5 Å². The summed E-state index contributed by atoms with van der Waals surface area (Å²) in [5, 5.41) is 30.8. The number of rotatable bonds is 6. The van der Waals surface area contributed by atoms with E-state index < -0.39 is 12.3 Å². The minimum Gasteiger partial charge on any atom is -0.396 e. The van der Waals surface area contributed by atoms with E-state index in [4.69, 9.17) is 5.73 Å². The number of hydrogen-bond donors (Lipinski definition) is 4. The van der Waals surface area contributed by atoms with Gasteiger partial charge in [-0.05, 0) is 25.0 Å². The maximum absolute atomic E-state index is 10.5. The second kappa shape index (κ2) is 5.99. The van der Waals surface area contributed by atoms with Crippen molar-refractivity contribution in [2.24, 2.45) is 11.8 Å². The Morgan fingerprint density at radius 3 is 2.73 bits per heavy atom. The van der Waals surface area contributed by atoms with E-state index in [1.54, 1.807) is 0 Å². The van der Waals surface area contributed by atoms with Crippen molar-refractivity contribution in [1.82, 2.24) is 19.5 Å². The van der Waals surface area contributed by atoms with E-state index in [1.165, 1.54) is 22.7 Å². The number of nitrogens with zero attached hydrogens (tertiary/aromatic N) is 4. The van der Waals surface area contributed by atoms with Crippen LogP contribution >= 0.6 is 11.8 Å². The van der Waals surface area contributed by atoms with Crippen molar-refractivity contribution in [3.63, 3.8) is 0 Å². The Morgan fingerprint density at radius 1 is 1.41 bits per heavy atom. The van der Waals surface area contributed by atoms with E-state index in [-0.39, 0.29) is 24.3 Å². The van der Waals surface area contributed by atoms with Gasteiger partial charge in [0.1, 0.15) is 11.6 Å². The second-order valence-corrected chi connectivity index (χ2v) is 6.28. The van der Waals surface area contributed by atoms with Crippen molar-refractivity contribution < 1.29 is 15.3 Å². The largest absolute Gasteiger partial charge is 0.396 e. The molecular formula is C13H19N5O3S. The Morgan fingerprint density at radius 2 is 2.14 bits per heavy atom. The number of hydrogen-bond acceptors (Lipinski definition) is 8. The van der Waals surface area contributed by atoms with Gasteiger partial charge >= 0.3 is 0 Å². The first kappa shape index (κ1) is 15.5. The van der Waals surface area contributed by atoms with E-state index in [9.17, 15) is 15.3 Å². The lowest BCUT2D eigenvalue weighted by Gasteiger charge is -2.26. The number of aliphatic hydroxyl groups excluding tert-OH is 3. The molecule has 1 saturated carbocycles. The van der Waals surface area contributed by atoms with Crippen LogP contribution in [0, 0.1) is 11.8 Å². The van der Waals surface area contributed by atoms with Gasteiger partial charge in [0.05, 0.1) is 6.33 Å². The number of nitrogens with two attached hydrogens (primary N) is 1. The summed E-state index contributed by atoms with van der Waals surface area (Å²) in [7, 11) is 0. The number of thioether (sulfide) groups is 1. The first-order valence-electron chi connectivity index (χ1n) is 7.07.